The highest BCUT2D eigenvalue weighted by Crippen LogP contribution is 2.26. The molecular weight excluding hydrogens is 432 g/mol. The van der Waals surface area contributed by atoms with Crippen molar-refractivity contribution in [1.82, 2.24) is 14.6 Å². The number of hydrogen-bond acceptors (Lipinski definition) is 6. The smallest absolute Gasteiger partial charge is 0.256 e. The van der Waals surface area contributed by atoms with Gasteiger partial charge in [-0.15, -0.1) is 0 Å². The largest absolute Gasteiger partial charge is 0.491 e. The summed E-state index contributed by atoms with van der Waals surface area (Å²) in [6.45, 7) is 6.29. The highest BCUT2D eigenvalue weighted by Gasteiger charge is 2.17. The Kier molecular flexibility index (Phi) is 6.63. The molecule has 0 spiro atoms. The molecule has 4 aromatic rings. The summed E-state index contributed by atoms with van der Waals surface area (Å²) in [5.41, 5.74) is 3.37. The highest BCUT2D eigenvalue weighted by molar-refractivity contribution is 6.04. The van der Waals surface area contributed by atoms with Gasteiger partial charge >= 0.3 is 0 Å². The molecule has 0 unspecified atom stereocenters. The van der Waals surface area contributed by atoms with Gasteiger partial charge in [-0.3, -0.25) is 4.79 Å². The Labute approximate surface area is 198 Å². The molecule has 0 aliphatic heterocycles. The molecule has 34 heavy (non-hydrogen) atoms. The molecule has 2 N–H and O–H groups in total. The monoisotopic (exact) mass is 460 g/mol. The van der Waals surface area contributed by atoms with Gasteiger partial charge in [-0.1, -0.05) is 12.1 Å². The van der Waals surface area contributed by atoms with Gasteiger partial charge in [-0.25, -0.2) is 9.50 Å². The van der Waals surface area contributed by atoms with E-state index in [1.165, 1.54) is 0 Å². The van der Waals surface area contributed by atoms with Crippen molar-refractivity contribution in [1.29, 1.82) is 0 Å². The molecule has 2 aromatic heterocycles. The third-order valence-electron chi connectivity index (χ3n) is 5.35. The number of rotatable bonds is 8. The summed E-state index contributed by atoms with van der Waals surface area (Å²) >= 11 is 0. The van der Waals surface area contributed by atoms with E-state index in [1.54, 1.807) is 55.8 Å². The molecule has 0 saturated carbocycles. The molecule has 0 atom stereocenters. The number of aryl methyl sites for hydroxylation is 1. The first-order valence-electron chi connectivity index (χ1n) is 11.0. The molecule has 0 fully saturated rings. The van der Waals surface area contributed by atoms with Crippen LogP contribution < -0.4 is 10.1 Å². The summed E-state index contributed by atoms with van der Waals surface area (Å²) in [6, 6.07) is 18.2. The van der Waals surface area contributed by atoms with E-state index in [2.05, 4.69) is 15.4 Å². The van der Waals surface area contributed by atoms with Crippen molar-refractivity contribution < 1.29 is 19.4 Å². The predicted octanol–water partition coefficient (Wildman–Crippen LogP) is 4.21. The molecule has 2 aromatic carbocycles. The number of hydrogen-bond donors (Lipinski definition) is 2. The van der Waals surface area contributed by atoms with Crippen molar-refractivity contribution in [3.8, 4) is 17.0 Å². The molecule has 1 amide bonds. The van der Waals surface area contributed by atoms with Gasteiger partial charge in [0.15, 0.2) is 5.65 Å². The Morgan fingerprint density at radius 3 is 2.41 bits per heavy atom. The number of aliphatic hydroxyl groups is 1. The zero-order valence-electron chi connectivity index (χ0n) is 19.7. The van der Waals surface area contributed by atoms with Crippen LogP contribution in [0.25, 0.3) is 16.9 Å². The molecule has 0 aliphatic carbocycles. The summed E-state index contributed by atoms with van der Waals surface area (Å²) in [5, 5.41) is 17.6. The number of benzene rings is 2. The molecule has 8 heteroatoms. The lowest BCUT2D eigenvalue weighted by atomic mass is 9.97. The Balaban J connectivity index is 1.61. The first kappa shape index (κ1) is 23.4. The number of carbonyl (C=O) groups excluding carboxylic acids is 1. The van der Waals surface area contributed by atoms with Gasteiger partial charge in [0.05, 0.1) is 23.6 Å². The summed E-state index contributed by atoms with van der Waals surface area (Å²) in [7, 11) is 1.63. The number of nitrogens with zero attached hydrogens (tertiary/aromatic N) is 3. The van der Waals surface area contributed by atoms with Crippen LogP contribution in [0.2, 0.25) is 0 Å². The molecule has 4 rings (SSSR count). The molecule has 0 aliphatic rings. The Bertz CT molecular complexity index is 1290. The van der Waals surface area contributed by atoms with Crippen molar-refractivity contribution in [3.63, 3.8) is 0 Å². The summed E-state index contributed by atoms with van der Waals surface area (Å²) in [5.74, 6) is 0.869. The van der Waals surface area contributed by atoms with Crippen molar-refractivity contribution in [2.45, 2.75) is 26.4 Å². The van der Waals surface area contributed by atoms with Crippen LogP contribution in [0.15, 0.2) is 60.7 Å². The second kappa shape index (κ2) is 9.62. The van der Waals surface area contributed by atoms with E-state index in [9.17, 15) is 9.90 Å². The zero-order valence-corrected chi connectivity index (χ0v) is 19.7. The molecular formula is C26H28N4O4. The minimum Gasteiger partial charge on any atom is -0.491 e. The molecule has 8 nitrogen and oxygen atoms in total. The molecule has 176 valence electrons. The maximum Gasteiger partial charge on any atom is 0.256 e. The van der Waals surface area contributed by atoms with E-state index >= 15 is 0 Å². The minimum atomic E-state index is -0.971. The van der Waals surface area contributed by atoms with E-state index < -0.39 is 5.60 Å². The SMILES string of the molecule is COCCOc1ccc(-c2cc(NC(=O)c3ccc(C(C)(C)O)cc3)nc3cc(C)nn23)cc1. The van der Waals surface area contributed by atoms with Crippen LogP contribution >= 0.6 is 0 Å². The predicted molar refractivity (Wildman–Crippen MR) is 130 cm³/mol. The van der Waals surface area contributed by atoms with Crippen molar-refractivity contribution >= 4 is 17.4 Å². The van der Waals surface area contributed by atoms with Crippen LogP contribution in [0.4, 0.5) is 5.82 Å². The Hall–Kier alpha value is -3.75. The van der Waals surface area contributed by atoms with E-state index in [0.717, 1.165) is 28.3 Å². The van der Waals surface area contributed by atoms with Crippen LogP contribution in [0.3, 0.4) is 0 Å². The number of carbonyl (C=O) groups is 1. The lowest BCUT2D eigenvalue weighted by molar-refractivity contribution is 0.0785. The maximum absolute atomic E-state index is 12.9. The molecule has 0 saturated heterocycles. The van der Waals surface area contributed by atoms with Gasteiger partial charge < -0.3 is 19.9 Å². The average molecular weight is 461 g/mol. The number of ether oxygens (including phenoxy) is 2. The number of aromatic nitrogens is 3. The Morgan fingerprint density at radius 1 is 1.06 bits per heavy atom. The van der Waals surface area contributed by atoms with Gasteiger partial charge in [0.25, 0.3) is 5.91 Å². The van der Waals surface area contributed by atoms with E-state index in [0.29, 0.717) is 30.2 Å². The maximum atomic E-state index is 12.9. The standard InChI is InChI=1S/C26H28N4O4/c1-17-15-24-27-23(28-25(31)19-5-9-20(10-6-19)26(2,3)32)16-22(30(24)29-17)18-7-11-21(12-8-18)34-14-13-33-4/h5-12,15-16,32H,13-14H2,1-4H3,(H,27,28,31). The lowest BCUT2D eigenvalue weighted by Crippen LogP contribution is -2.17. The molecule has 0 bridgehead atoms. The van der Waals surface area contributed by atoms with E-state index in [1.807, 2.05) is 37.3 Å². The van der Waals surface area contributed by atoms with Gasteiger partial charge in [-0.2, -0.15) is 5.10 Å². The number of amides is 1. The van der Waals surface area contributed by atoms with Crippen molar-refractivity contribution in [2.75, 3.05) is 25.6 Å². The number of anilines is 1. The normalized spacial score (nSPS) is 11.6. The van der Waals surface area contributed by atoms with Crippen LogP contribution in [0.5, 0.6) is 5.75 Å². The molecule has 0 radical (unpaired) electrons. The second-order valence-electron chi connectivity index (χ2n) is 8.54. The summed E-state index contributed by atoms with van der Waals surface area (Å²) in [4.78, 5) is 17.4. The number of fused-ring (bicyclic) bond motifs is 1. The highest BCUT2D eigenvalue weighted by atomic mass is 16.5. The van der Waals surface area contributed by atoms with Gasteiger partial charge in [0, 0.05) is 30.4 Å². The number of nitrogens with one attached hydrogen (secondary N) is 1. The summed E-state index contributed by atoms with van der Waals surface area (Å²) in [6.07, 6.45) is 0. The van der Waals surface area contributed by atoms with Crippen LogP contribution in [0.1, 0.15) is 35.5 Å². The van der Waals surface area contributed by atoms with Crippen LogP contribution in [0, 0.1) is 6.92 Å². The fourth-order valence-electron chi connectivity index (χ4n) is 3.54. The first-order chi connectivity index (χ1) is 16.2. The third kappa shape index (κ3) is 5.24. The topological polar surface area (TPSA) is 98.0 Å². The van der Waals surface area contributed by atoms with Crippen molar-refractivity contribution in [2.24, 2.45) is 0 Å². The average Bonchev–Trinajstić information content (AvgIpc) is 3.19. The summed E-state index contributed by atoms with van der Waals surface area (Å²) < 4.78 is 12.4. The fourth-order valence-corrected chi connectivity index (χ4v) is 3.54. The quantitative estimate of drug-likeness (QED) is 0.382. The second-order valence-corrected chi connectivity index (χ2v) is 8.54. The van der Waals surface area contributed by atoms with E-state index in [4.69, 9.17) is 9.47 Å². The molecule has 2 heterocycles. The third-order valence-corrected chi connectivity index (χ3v) is 5.35. The van der Waals surface area contributed by atoms with Crippen LogP contribution in [-0.4, -0.2) is 45.9 Å². The zero-order chi connectivity index (χ0) is 24.3. The van der Waals surface area contributed by atoms with Crippen LogP contribution in [-0.2, 0) is 10.3 Å². The number of methoxy groups -OCH3 is 1. The van der Waals surface area contributed by atoms with Gasteiger partial charge in [-0.05, 0) is 62.7 Å². The van der Waals surface area contributed by atoms with Gasteiger partial charge in [0.1, 0.15) is 18.2 Å². The fraction of sp³-hybridized carbons (Fsp3) is 0.269. The lowest BCUT2D eigenvalue weighted by Gasteiger charge is -2.17. The van der Waals surface area contributed by atoms with E-state index in [-0.39, 0.29) is 5.91 Å². The minimum absolute atomic E-state index is 0.289. The van der Waals surface area contributed by atoms with Gasteiger partial charge in [0.2, 0.25) is 0 Å². The first-order valence-corrected chi connectivity index (χ1v) is 11.0. The Morgan fingerprint density at radius 2 is 1.76 bits per heavy atom. The van der Waals surface area contributed by atoms with Crippen molar-refractivity contribution in [3.05, 3.63) is 77.5 Å².